The first-order valence-corrected chi connectivity index (χ1v) is 7.11. The van der Waals surface area contributed by atoms with Crippen molar-refractivity contribution in [3.63, 3.8) is 0 Å². The van der Waals surface area contributed by atoms with Crippen molar-refractivity contribution in [1.29, 1.82) is 0 Å². The van der Waals surface area contributed by atoms with Crippen LogP contribution in [-0.2, 0) is 0 Å². The first-order valence-electron chi connectivity index (χ1n) is 7.11. The molecule has 0 aliphatic heterocycles. The van der Waals surface area contributed by atoms with Crippen LogP contribution in [0.5, 0.6) is 5.75 Å². The summed E-state index contributed by atoms with van der Waals surface area (Å²) in [6.45, 7) is 7.51. The standard InChI is InChI=1S/C16H27NO/c1-4-17(3)13-9-5-6-10-14-18-16-12-8-7-11-15(16)2/h7-8,11-12H,4-6,9-10,13-14H2,1-3H3. The van der Waals surface area contributed by atoms with Gasteiger partial charge in [-0.15, -0.1) is 0 Å². The Bertz CT molecular complexity index is 325. The van der Waals surface area contributed by atoms with Gasteiger partial charge in [0, 0.05) is 0 Å². The first kappa shape index (κ1) is 15.0. The molecule has 0 aliphatic carbocycles. The van der Waals surface area contributed by atoms with Crippen molar-refractivity contribution >= 4 is 0 Å². The van der Waals surface area contributed by atoms with Gasteiger partial charge in [0.2, 0.25) is 0 Å². The van der Waals surface area contributed by atoms with E-state index in [0.29, 0.717) is 0 Å². The second kappa shape index (κ2) is 8.98. The van der Waals surface area contributed by atoms with Crippen molar-refractivity contribution in [2.45, 2.75) is 39.5 Å². The molecule has 0 spiro atoms. The third kappa shape index (κ3) is 6.06. The zero-order chi connectivity index (χ0) is 13.2. The predicted molar refractivity (Wildman–Crippen MR) is 78.3 cm³/mol. The average Bonchev–Trinajstić information content (AvgIpc) is 2.39. The van der Waals surface area contributed by atoms with Gasteiger partial charge in [-0.25, -0.2) is 0 Å². The normalized spacial score (nSPS) is 10.9. The highest BCUT2D eigenvalue weighted by Gasteiger charge is 1.98. The molecule has 0 N–H and O–H groups in total. The molecule has 0 heterocycles. The van der Waals surface area contributed by atoms with Gasteiger partial charge in [0.05, 0.1) is 6.61 Å². The third-order valence-corrected chi connectivity index (χ3v) is 3.33. The fourth-order valence-electron chi connectivity index (χ4n) is 1.90. The Morgan fingerprint density at radius 3 is 2.50 bits per heavy atom. The third-order valence-electron chi connectivity index (χ3n) is 3.33. The lowest BCUT2D eigenvalue weighted by Crippen LogP contribution is -2.18. The maximum absolute atomic E-state index is 5.78. The molecule has 2 heteroatoms. The van der Waals surface area contributed by atoms with Crippen molar-refractivity contribution in [2.24, 2.45) is 0 Å². The SMILES string of the molecule is CCN(C)CCCCCCOc1ccccc1C. The summed E-state index contributed by atoms with van der Waals surface area (Å²) in [4.78, 5) is 2.36. The van der Waals surface area contributed by atoms with Gasteiger partial charge in [0.15, 0.2) is 0 Å². The van der Waals surface area contributed by atoms with Gasteiger partial charge in [-0.05, 0) is 51.5 Å². The Hall–Kier alpha value is -1.02. The van der Waals surface area contributed by atoms with E-state index in [0.717, 1.165) is 25.3 Å². The maximum atomic E-state index is 5.78. The number of para-hydroxylation sites is 1. The van der Waals surface area contributed by atoms with Gasteiger partial charge >= 0.3 is 0 Å². The molecular weight excluding hydrogens is 222 g/mol. The highest BCUT2D eigenvalue weighted by Crippen LogP contribution is 2.16. The Morgan fingerprint density at radius 2 is 1.78 bits per heavy atom. The molecule has 1 aromatic rings. The van der Waals surface area contributed by atoms with Gasteiger partial charge in [-0.3, -0.25) is 0 Å². The Balaban J connectivity index is 2.01. The smallest absolute Gasteiger partial charge is 0.122 e. The summed E-state index contributed by atoms with van der Waals surface area (Å²) in [6.07, 6.45) is 5.03. The van der Waals surface area contributed by atoms with Crippen LogP contribution < -0.4 is 4.74 Å². The van der Waals surface area contributed by atoms with Crippen molar-refractivity contribution < 1.29 is 4.74 Å². The van der Waals surface area contributed by atoms with Gasteiger partial charge in [-0.1, -0.05) is 38.0 Å². The van der Waals surface area contributed by atoms with Crippen molar-refractivity contribution in [3.8, 4) is 5.75 Å². The fourth-order valence-corrected chi connectivity index (χ4v) is 1.90. The fraction of sp³-hybridized carbons (Fsp3) is 0.625. The molecule has 0 aliphatic rings. The number of hydrogen-bond donors (Lipinski definition) is 0. The number of aryl methyl sites for hydroxylation is 1. The van der Waals surface area contributed by atoms with Crippen LogP contribution in [0.4, 0.5) is 0 Å². The summed E-state index contributed by atoms with van der Waals surface area (Å²) in [5.74, 6) is 1.03. The summed E-state index contributed by atoms with van der Waals surface area (Å²) >= 11 is 0. The number of ether oxygens (including phenoxy) is 1. The van der Waals surface area contributed by atoms with Crippen LogP contribution in [-0.4, -0.2) is 31.6 Å². The topological polar surface area (TPSA) is 12.5 Å². The summed E-state index contributed by atoms with van der Waals surface area (Å²) in [5, 5.41) is 0. The van der Waals surface area contributed by atoms with Crippen LogP contribution in [0.2, 0.25) is 0 Å². The summed E-state index contributed by atoms with van der Waals surface area (Å²) in [7, 11) is 2.18. The molecular formula is C16H27NO. The predicted octanol–water partition coefficient (Wildman–Crippen LogP) is 3.89. The van der Waals surface area contributed by atoms with Crippen LogP contribution in [0.3, 0.4) is 0 Å². The van der Waals surface area contributed by atoms with E-state index in [2.05, 4.69) is 31.9 Å². The van der Waals surface area contributed by atoms with E-state index in [-0.39, 0.29) is 0 Å². The van der Waals surface area contributed by atoms with Crippen molar-refractivity contribution in [2.75, 3.05) is 26.7 Å². The number of hydrogen-bond acceptors (Lipinski definition) is 2. The molecule has 0 atom stereocenters. The Kier molecular flexibility index (Phi) is 7.51. The van der Waals surface area contributed by atoms with Crippen LogP contribution in [0.1, 0.15) is 38.2 Å². The molecule has 18 heavy (non-hydrogen) atoms. The van der Waals surface area contributed by atoms with E-state index in [4.69, 9.17) is 4.74 Å². The minimum Gasteiger partial charge on any atom is -0.493 e. The lowest BCUT2D eigenvalue weighted by molar-refractivity contribution is 0.297. The molecule has 2 nitrogen and oxygen atoms in total. The molecule has 0 amide bonds. The first-order chi connectivity index (χ1) is 8.74. The zero-order valence-corrected chi connectivity index (χ0v) is 12.1. The molecule has 1 rings (SSSR count). The molecule has 0 saturated heterocycles. The van der Waals surface area contributed by atoms with Crippen LogP contribution >= 0.6 is 0 Å². The highest BCUT2D eigenvalue weighted by atomic mass is 16.5. The Morgan fingerprint density at radius 1 is 1.06 bits per heavy atom. The molecule has 0 bridgehead atoms. The molecule has 1 aromatic carbocycles. The van der Waals surface area contributed by atoms with Crippen LogP contribution in [0, 0.1) is 6.92 Å². The number of rotatable bonds is 9. The molecule has 0 fully saturated rings. The highest BCUT2D eigenvalue weighted by molar-refractivity contribution is 5.31. The Labute approximate surface area is 112 Å². The molecule has 0 saturated carbocycles. The summed E-state index contributed by atoms with van der Waals surface area (Å²) < 4.78 is 5.78. The van der Waals surface area contributed by atoms with Gasteiger partial charge in [0.1, 0.15) is 5.75 Å². The number of benzene rings is 1. The monoisotopic (exact) mass is 249 g/mol. The quantitative estimate of drug-likeness (QED) is 0.616. The lowest BCUT2D eigenvalue weighted by Gasteiger charge is -2.13. The molecule has 102 valence electrons. The van der Waals surface area contributed by atoms with Gasteiger partial charge < -0.3 is 9.64 Å². The van der Waals surface area contributed by atoms with E-state index in [1.807, 2.05) is 18.2 Å². The second-order valence-corrected chi connectivity index (χ2v) is 4.92. The second-order valence-electron chi connectivity index (χ2n) is 4.92. The maximum Gasteiger partial charge on any atom is 0.122 e. The number of nitrogens with zero attached hydrogens (tertiary/aromatic N) is 1. The molecule has 0 unspecified atom stereocenters. The van der Waals surface area contributed by atoms with Gasteiger partial charge in [-0.2, -0.15) is 0 Å². The van der Waals surface area contributed by atoms with Crippen LogP contribution in [0.15, 0.2) is 24.3 Å². The van der Waals surface area contributed by atoms with E-state index in [1.54, 1.807) is 0 Å². The zero-order valence-electron chi connectivity index (χ0n) is 12.1. The minimum atomic E-state index is 0.842. The van der Waals surface area contributed by atoms with Crippen molar-refractivity contribution in [1.82, 2.24) is 4.90 Å². The summed E-state index contributed by atoms with van der Waals surface area (Å²) in [6, 6.07) is 8.22. The minimum absolute atomic E-state index is 0.842. The average molecular weight is 249 g/mol. The van der Waals surface area contributed by atoms with E-state index < -0.39 is 0 Å². The van der Waals surface area contributed by atoms with Crippen molar-refractivity contribution in [3.05, 3.63) is 29.8 Å². The van der Waals surface area contributed by atoms with E-state index >= 15 is 0 Å². The van der Waals surface area contributed by atoms with Gasteiger partial charge in [0.25, 0.3) is 0 Å². The van der Waals surface area contributed by atoms with Crippen LogP contribution in [0.25, 0.3) is 0 Å². The van der Waals surface area contributed by atoms with E-state index in [9.17, 15) is 0 Å². The summed E-state index contributed by atoms with van der Waals surface area (Å²) in [5.41, 5.74) is 1.22. The largest absolute Gasteiger partial charge is 0.493 e. The van der Waals surface area contributed by atoms with E-state index in [1.165, 1.54) is 31.4 Å². The lowest BCUT2D eigenvalue weighted by atomic mass is 10.2. The molecule has 0 aromatic heterocycles. The molecule has 0 radical (unpaired) electrons. The number of unbranched alkanes of at least 4 members (excludes halogenated alkanes) is 3.